The molecule has 0 aromatic heterocycles. The van der Waals surface area contributed by atoms with Crippen LogP contribution in [0.2, 0.25) is 12.1 Å². The second-order valence-electron chi connectivity index (χ2n) is 7.31. The highest BCUT2D eigenvalue weighted by Crippen LogP contribution is 1.96. The standard InChI is InChI=1S/C23H24B4/c1-4-24-18-5-7-20(8-6-18)26-22-13-15-23(16-14-22)27-21-11-9-19(10-12-21)25-17(2)3/h5-17H,4H2,1-3H3. The maximum absolute atomic E-state index is 2.28. The molecule has 128 valence electrons. The van der Waals surface area contributed by atoms with Gasteiger partial charge in [-0.2, -0.15) is 0 Å². The molecule has 0 heterocycles. The van der Waals surface area contributed by atoms with E-state index in [1.165, 1.54) is 32.8 Å². The highest BCUT2D eigenvalue weighted by Gasteiger charge is 2.04. The Labute approximate surface area is 167 Å². The lowest BCUT2D eigenvalue weighted by Gasteiger charge is -2.06. The van der Waals surface area contributed by atoms with E-state index < -0.39 is 0 Å². The van der Waals surface area contributed by atoms with Crippen molar-refractivity contribution in [2.24, 2.45) is 0 Å². The summed E-state index contributed by atoms with van der Waals surface area (Å²) in [5.74, 6) is 0.574. The summed E-state index contributed by atoms with van der Waals surface area (Å²) in [5.41, 5.74) is 7.49. The van der Waals surface area contributed by atoms with Crippen molar-refractivity contribution in [1.29, 1.82) is 0 Å². The fraction of sp³-hybridized carbons (Fsp3) is 0.217. The molecule has 4 radical (unpaired) electrons. The molecule has 27 heavy (non-hydrogen) atoms. The number of rotatable bonds is 8. The van der Waals surface area contributed by atoms with Crippen LogP contribution in [0.1, 0.15) is 20.8 Å². The van der Waals surface area contributed by atoms with E-state index in [0.29, 0.717) is 5.82 Å². The molecule has 0 unspecified atom stereocenters. The largest absolute Gasteiger partial charge is 0.191 e. The van der Waals surface area contributed by atoms with Gasteiger partial charge in [-0.3, -0.25) is 0 Å². The predicted molar refractivity (Wildman–Crippen MR) is 126 cm³/mol. The molecule has 0 nitrogen and oxygen atoms in total. The lowest BCUT2D eigenvalue weighted by molar-refractivity contribution is 1.07. The molecule has 0 bridgehead atoms. The van der Waals surface area contributed by atoms with E-state index >= 15 is 0 Å². The number of benzene rings is 3. The van der Waals surface area contributed by atoms with Gasteiger partial charge in [0.15, 0.2) is 29.1 Å². The summed E-state index contributed by atoms with van der Waals surface area (Å²) in [6.45, 7) is 6.57. The van der Waals surface area contributed by atoms with Crippen molar-refractivity contribution in [1.82, 2.24) is 0 Å². The fourth-order valence-electron chi connectivity index (χ4n) is 3.13. The topological polar surface area (TPSA) is 0 Å². The van der Waals surface area contributed by atoms with Gasteiger partial charge in [0, 0.05) is 0 Å². The molecular weight excluding hydrogens is 320 g/mol. The molecule has 0 amide bonds. The van der Waals surface area contributed by atoms with Crippen molar-refractivity contribution in [3.8, 4) is 0 Å². The Bertz CT molecular complexity index is 822. The normalized spacial score (nSPS) is 10.5. The second-order valence-corrected chi connectivity index (χ2v) is 7.31. The number of hydrogen-bond donors (Lipinski definition) is 0. The van der Waals surface area contributed by atoms with Crippen LogP contribution in [-0.4, -0.2) is 29.1 Å². The van der Waals surface area contributed by atoms with Crippen molar-refractivity contribution in [3.63, 3.8) is 0 Å². The van der Waals surface area contributed by atoms with Crippen LogP contribution in [0.4, 0.5) is 0 Å². The molecule has 3 rings (SSSR count). The molecule has 0 aliphatic rings. The Balaban J connectivity index is 1.58. The minimum Gasteiger partial charge on any atom is -0.0879 e. The highest BCUT2D eigenvalue weighted by atomic mass is 13.9. The Morgan fingerprint density at radius 2 is 0.889 bits per heavy atom. The summed E-state index contributed by atoms with van der Waals surface area (Å²) in [6.07, 6.45) is 1.07. The Kier molecular flexibility index (Phi) is 7.10. The SMILES string of the molecule is CC[B]c1ccc([B]c2ccc([B]c3ccc([B]C(C)C)cc3)cc2)cc1. The molecule has 0 aliphatic carbocycles. The minimum absolute atomic E-state index is 0.574. The summed E-state index contributed by atoms with van der Waals surface area (Å²) in [7, 11) is 8.96. The molecule has 0 atom stereocenters. The third-order valence-electron chi connectivity index (χ3n) is 4.44. The van der Waals surface area contributed by atoms with Crippen molar-refractivity contribution in [2.75, 3.05) is 0 Å². The van der Waals surface area contributed by atoms with Crippen LogP contribution in [-0.2, 0) is 0 Å². The van der Waals surface area contributed by atoms with Gasteiger partial charge in [-0.1, -0.05) is 138 Å². The van der Waals surface area contributed by atoms with E-state index in [2.05, 4.69) is 123 Å². The average molecular weight is 344 g/mol. The highest BCUT2D eigenvalue weighted by molar-refractivity contribution is 6.69. The van der Waals surface area contributed by atoms with E-state index in [-0.39, 0.29) is 0 Å². The summed E-state index contributed by atoms with van der Waals surface area (Å²) in [6, 6.07) is 26.2. The second kappa shape index (κ2) is 9.74. The third-order valence-corrected chi connectivity index (χ3v) is 4.44. The van der Waals surface area contributed by atoms with Crippen LogP contribution in [0.3, 0.4) is 0 Å². The van der Waals surface area contributed by atoms with E-state index in [4.69, 9.17) is 0 Å². The molecule has 4 heteroatoms. The lowest BCUT2D eigenvalue weighted by Crippen LogP contribution is -2.32. The molecule has 0 fully saturated rings. The molecule has 0 saturated carbocycles. The first kappa shape index (κ1) is 19.7. The van der Waals surface area contributed by atoms with Gasteiger partial charge in [-0.15, -0.1) is 0 Å². The van der Waals surface area contributed by atoms with Gasteiger partial charge < -0.3 is 0 Å². The summed E-state index contributed by atoms with van der Waals surface area (Å²) < 4.78 is 0. The lowest BCUT2D eigenvalue weighted by atomic mass is 9.58. The van der Waals surface area contributed by atoms with Gasteiger partial charge in [0.05, 0.1) is 0 Å². The maximum atomic E-state index is 2.28. The first-order valence-electron chi connectivity index (χ1n) is 9.80. The van der Waals surface area contributed by atoms with Crippen LogP contribution < -0.4 is 32.8 Å². The van der Waals surface area contributed by atoms with Crippen LogP contribution in [0.25, 0.3) is 0 Å². The van der Waals surface area contributed by atoms with Crippen molar-refractivity contribution in [3.05, 3.63) is 72.8 Å². The first-order chi connectivity index (χ1) is 13.1. The molecule has 0 aliphatic heterocycles. The first-order valence-corrected chi connectivity index (χ1v) is 9.80. The van der Waals surface area contributed by atoms with Gasteiger partial charge in [-0.25, -0.2) is 0 Å². The van der Waals surface area contributed by atoms with Gasteiger partial charge in [-0.05, 0) is 0 Å². The van der Waals surface area contributed by atoms with Gasteiger partial charge in [0.1, 0.15) is 0 Å². The molecular formula is C23H24B4. The fourth-order valence-corrected chi connectivity index (χ4v) is 3.13. The average Bonchev–Trinajstić information content (AvgIpc) is 2.66. The zero-order chi connectivity index (χ0) is 19.1. The smallest absolute Gasteiger partial charge is 0.0879 e. The van der Waals surface area contributed by atoms with Crippen LogP contribution in [0.5, 0.6) is 0 Å². The van der Waals surface area contributed by atoms with E-state index in [0.717, 1.165) is 6.32 Å². The Hall–Kier alpha value is -2.08. The molecule has 3 aromatic rings. The summed E-state index contributed by atoms with van der Waals surface area (Å²) >= 11 is 0. The van der Waals surface area contributed by atoms with E-state index in [1.54, 1.807) is 0 Å². The monoisotopic (exact) mass is 344 g/mol. The zero-order valence-corrected chi connectivity index (χ0v) is 16.5. The maximum Gasteiger partial charge on any atom is 0.191 e. The molecule has 3 aromatic carbocycles. The Morgan fingerprint density at radius 1 is 0.556 bits per heavy atom. The van der Waals surface area contributed by atoms with Crippen molar-refractivity contribution < 1.29 is 0 Å². The predicted octanol–water partition coefficient (Wildman–Crippen LogP) is 0.922. The zero-order valence-electron chi connectivity index (χ0n) is 16.5. The summed E-state index contributed by atoms with van der Waals surface area (Å²) in [5, 5.41) is 0. The van der Waals surface area contributed by atoms with Crippen LogP contribution >= 0.6 is 0 Å². The summed E-state index contributed by atoms with van der Waals surface area (Å²) in [4.78, 5) is 0. The molecule has 0 spiro atoms. The van der Waals surface area contributed by atoms with Gasteiger partial charge >= 0.3 is 0 Å². The third kappa shape index (κ3) is 6.24. The van der Waals surface area contributed by atoms with Crippen LogP contribution in [0, 0.1) is 0 Å². The quantitative estimate of drug-likeness (QED) is 0.534. The van der Waals surface area contributed by atoms with E-state index in [9.17, 15) is 0 Å². The Morgan fingerprint density at radius 3 is 1.22 bits per heavy atom. The van der Waals surface area contributed by atoms with Gasteiger partial charge in [0.25, 0.3) is 0 Å². The van der Waals surface area contributed by atoms with Crippen LogP contribution in [0.15, 0.2) is 72.8 Å². The minimum atomic E-state index is 0.574. The number of hydrogen-bond acceptors (Lipinski definition) is 0. The van der Waals surface area contributed by atoms with Gasteiger partial charge in [0.2, 0.25) is 0 Å². The van der Waals surface area contributed by atoms with E-state index in [1.807, 2.05) is 0 Å². The van der Waals surface area contributed by atoms with Crippen molar-refractivity contribution >= 4 is 61.9 Å². The van der Waals surface area contributed by atoms with Crippen molar-refractivity contribution in [2.45, 2.75) is 32.9 Å². The molecule has 0 saturated heterocycles. The molecule has 0 N–H and O–H groups in total.